The zero-order valence-electron chi connectivity index (χ0n) is 8.00. The Morgan fingerprint density at radius 2 is 2.14 bits per heavy atom. The number of carbonyl (C=O) groups is 1. The molecular weight excluding hydrogens is 184 g/mol. The van der Waals surface area contributed by atoms with Crippen molar-refractivity contribution >= 4 is 5.97 Å². The van der Waals surface area contributed by atoms with Gasteiger partial charge in [-0.05, 0) is 12.0 Å². The first kappa shape index (κ1) is 9.12. The van der Waals surface area contributed by atoms with Gasteiger partial charge in [0.15, 0.2) is 0 Å². The first-order valence-electron chi connectivity index (χ1n) is 4.57. The number of allylic oxidation sites excluding steroid dienone is 1. The molecule has 4 nitrogen and oxygen atoms in total. The summed E-state index contributed by atoms with van der Waals surface area (Å²) in [5.41, 5.74) is 1.07. The third-order valence-electron chi connectivity index (χ3n) is 2.53. The Kier molecular flexibility index (Phi) is 2.19. The van der Waals surface area contributed by atoms with Crippen LogP contribution in [0, 0.1) is 0 Å². The minimum absolute atomic E-state index is 0.168. The van der Waals surface area contributed by atoms with Gasteiger partial charge in [-0.1, -0.05) is 0 Å². The Labute approximate surface area is 81.8 Å². The molecule has 0 aromatic rings. The molecule has 0 spiro atoms. The number of esters is 1. The summed E-state index contributed by atoms with van der Waals surface area (Å²) in [5, 5.41) is 9.52. The van der Waals surface area contributed by atoms with E-state index in [-0.39, 0.29) is 18.1 Å². The molecule has 76 valence electrons. The first-order valence-corrected chi connectivity index (χ1v) is 4.57. The SMILES string of the molecule is COC1=C(O)CC2=C(CCC(=O)O2)C1. The van der Waals surface area contributed by atoms with Crippen molar-refractivity contribution in [2.75, 3.05) is 7.11 Å². The molecule has 0 saturated carbocycles. The molecular formula is C10H12O4. The van der Waals surface area contributed by atoms with Crippen LogP contribution in [0.5, 0.6) is 0 Å². The maximum absolute atomic E-state index is 11.0. The summed E-state index contributed by atoms with van der Waals surface area (Å²) in [6.45, 7) is 0. The molecule has 0 saturated heterocycles. The fraction of sp³-hybridized carbons (Fsp3) is 0.500. The predicted octanol–water partition coefficient (Wildman–Crippen LogP) is 1.79. The molecule has 2 rings (SSSR count). The maximum atomic E-state index is 11.0. The van der Waals surface area contributed by atoms with Crippen molar-refractivity contribution in [1.29, 1.82) is 0 Å². The van der Waals surface area contributed by atoms with Crippen LogP contribution in [0.4, 0.5) is 0 Å². The van der Waals surface area contributed by atoms with Crippen molar-refractivity contribution in [2.45, 2.75) is 25.7 Å². The fourth-order valence-corrected chi connectivity index (χ4v) is 1.74. The highest BCUT2D eigenvalue weighted by atomic mass is 16.5. The van der Waals surface area contributed by atoms with Crippen molar-refractivity contribution in [3.05, 3.63) is 22.9 Å². The number of methoxy groups -OCH3 is 1. The van der Waals surface area contributed by atoms with E-state index in [4.69, 9.17) is 9.47 Å². The highest BCUT2D eigenvalue weighted by Gasteiger charge is 2.27. The Bertz CT molecular complexity index is 338. The summed E-state index contributed by atoms with van der Waals surface area (Å²) in [5.74, 6) is 1.15. The molecule has 1 heterocycles. The number of aliphatic hydroxyl groups excluding tert-OH is 1. The Balaban J connectivity index is 2.20. The molecule has 0 radical (unpaired) electrons. The standard InChI is InChI=1S/C10H12O4/c1-13-9-4-6-2-3-10(12)14-8(6)5-7(9)11/h11H,2-5H2,1H3. The van der Waals surface area contributed by atoms with E-state index in [0.717, 1.165) is 5.57 Å². The van der Waals surface area contributed by atoms with Crippen molar-refractivity contribution in [3.8, 4) is 0 Å². The average Bonchev–Trinajstić information content (AvgIpc) is 2.16. The summed E-state index contributed by atoms with van der Waals surface area (Å²) in [7, 11) is 1.53. The van der Waals surface area contributed by atoms with Gasteiger partial charge in [-0.3, -0.25) is 4.79 Å². The molecule has 0 bridgehead atoms. The Morgan fingerprint density at radius 1 is 1.36 bits per heavy atom. The second kappa shape index (κ2) is 3.36. The molecule has 1 aliphatic heterocycles. The quantitative estimate of drug-likeness (QED) is 0.649. The molecule has 0 aromatic heterocycles. The lowest BCUT2D eigenvalue weighted by atomic mass is 9.95. The predicted molar refractivity (Wildman–Crippen MR) is 48.2 cm³/mol. The Hall–Kier alpha value is -1.45. The van der Waals surface area contributed by atoms with Gasteiger partial charge < -0.3 is 14.6 Å². The van der Waals surface area contributed by atoms with Gasteiger partial charge in [0.2, 0.25) is 0 Å². The number of rotatable bonds is 1. The highest BCUT2D eigenvalue weighted by molar-refractivity contribution is 5.72. The second-order valence-corrected chi connectivity index (χ2v) is 3.43. The summed E-state index contributed by atoms with van der Waals surface area (Å²) >= 11 is 0. The third-order valence-corrected chi connectivity index (χ3v) is 2.53. The molecule has 0 unspecified atom stereocenters. The summed E-state index contributed by atoms with van der Waals surface area (Å²) in [4.78, 5) is 11.0. The molecule has 0 amide bonds. The van der Waals surface area contributed by atoms with Crippen LogP contribution in [0.15, 0.2) is 22.9 Å². The normalized spacial score (nSPS) is 21.9. The lowest BCUT2D eigenvalue weighted by molar-refractivity contribution is -0.141. The largest absolute Gasteiger partial charge is 0.508 e. The summed E-state index contributed by atoms with van der Waals surface area (Å²) < 4.78 is 10.1. The van der Waals surface area contributed by atoms with E-state index >= 15 is 0 Å². The van der Waals surface area contributed by atoms with Crippen LogP contribution in [-0.2, 0) is 14.3 Å². The van der Waals surface area contributed by atoms with Gasteiger partial charge in [0.25, 0.3) is 0 Å². The summed E-state index contributed by atoms with van der Waals surface area (Å²) in [6, 6.07) is 0. The molecule has 4 heteroatoms. The number of aliphatic hydroxyl groups is 1. The molecule has 1 aliphatic carbocycles. The van der Waals surface area contributed by atoms with Crippen LogP contribution in [0.25, 0.3) is 0 Å². The van der Waals surface area contributed by atoms with Crippen molar-refractivity contribution < 1.29 is 19.4 Å². The molecule has 0 atom stereocenters. The zero-order valence-corrected chi connectivity index (χ0v) is 8.00. The maximum Gasteiger partial charge on any atom is 0.311 e. The van der Waals surface area contributed by atoms with Crippen LogP contribution >= 0.6 is 0 Å². The lowest BCUT2D eigenvalue weighted by Crippen LogP contribution is -2.17. The van der Waals surface area contributed by atoms with Gasteiger partial charge in [0, 0.05) is 12.8 Å². The van der Waals surface area contributed by atoms with Gasteiger partial charge in [0.05, 0.1) is 13.5 Å². The van der Waals surface area contributed by atoms with E-state index in [0.29, 0.717) is 30.8 Å². The fourth-order valence-electron chi connectivity index (χ4n) is 1.74. The van der Waals surface area contributed by atoms with Gasteiger partial charge in [-0.25, -0.2) is 0 Å². The van der Waals surface area contributed by atoms with Gasteiger partial charge in [0.1, 0.15) is 17.3 Å². The number of carbonyl (C=O) groups excluding carboxylic acids is 1. The molecule has 0 aromatic carbocycles. The first-order chi connectivity index (χ1) is 6.70. The van der Waals surface area contributed by atoms with E-state index in [9.17, 15) is 9.90 Å². The number of hydrogen-bond acceptors (Lipinski definition) is 4. The van der Waals surface area contributed by atoms with Crippen LogP contribution in [-0.4, -0.2) is 18.2 Å². The van der Waals surface area contributed by atoms with Crippen LogP contribution in [0.2, 0.25) is 0 Å². The minimum Gasteiger partial charge on any atom is -0.508 e. The molecule has 2 aliphatic rings. The van der Waals surface area contributed by atoms with Gasteiger partial charge >= 0.3 is 5.97 Å². The zero-order chi connectivity index (χ0) is 10.1. The number of hydrogen-bond donors (Lipinski definition) is 1. The van der Waals surface area contributed by atoms with E-state index in [2.05, 4.69) is 0 Å². The molecule has 0 fully saturated rings. The van der Waals surface area contributed by atoms with Crippen LogP contribution in [0.1, 0.15) is 25.7 Å². The van der Waals surface area contributed by atoms with Crippen molar-refractivity contribution in [2.24, 2.45) is 0 Å². The minimum atomic E-state index is -0.211. The van der Waals surface area contributed by atoms with Crippen LogP contribution in [0.3, 0.4) is 0 Å². The monoisotopic (exact) mass is 196 g/mol. The summed E-state index contributed by atoms with van der Waals surface area (Å²) in [6.07, 6.45) is 1.99. The van der Waals surface area contributed by atoms with Crippen molar-refractivity contribution in [1.82, 2.24) is 0 Å². The van der Waals surface area contributed by atoms with E-state index in [1.807, 2.05) is 0 Å². The van der Waals surface area contributed by atoms with E-state index < -0.39 is 0 Å². The molecule has 1 N–H and O–H groups in total. The topological polar surface area (TPSA) is 55.8 Å². The van der Waals surface area contributed by atoms with Crippen LogP contribution < -0.4 is 0 Å². The van der Waals surface area contributed by atoms with Gasteiger partial charge in [-0.15, -0.1) is 0 Å². The second-order valence-electron chi connectivity index (χ2n) is 3.43. The lowest BCUT2D eigenvalue weighted by Gasteiger charge is -2.24. The Morgan fingerprint density at radius 3 is 2.86 bits per heavy atom. The molecule has 14 heavy (non-hydrogen) atoms. The average molecular weight is 196 g/mol. The van der Waals surface area contributed by atoms with E-state index in [1.165, 1.54) is 7.11 Å². The third kappa shape index (κ3) is 1.47. The smallest absolute Gasteiger partial charge is 0.311 e. The number of ether oxygens (including phenoxy) is 2. The van der Waals surface area contributed by atoms with Gasteiger partial charge in [-0.2, -0.15) is 0 Å². The highest BCUT2D eigenvalue weighted by Crippen LogP contribution is 2.35. The van der Waals surface area contributed by atoms with E-state index in [1.54, 1.807) is 0 Å². The van der Waals surface area contributed by atoms with Crippen molar-refractivity contribution in [3.63, 3.8) is 0 Å².